The zero-order valence-electron chi connectivity index (χ0n) is 26.7. The van der Waals surface area contributed by atoms with Gasteiger partial charge in [-0.3, -0.25) is 13.8 Å². The first-order chi connectivity index (χ1) is 21.0. The fraction of sp³-hybridized carbons (Fsp3) is 0.212. The molecule has 4 aromatic carbocycles. The van der Waals surface area contributed by atoms with Crippen molar-refractivity contribution in [1.82, 2.24) is 0 Å². The van der Waals surface area contributed by atoms with Gasteiger partial charge in [0.05, 0.1) is 34.5 Å². The van der Waals surface area contributed by atoms with Gasteiger partial charge in [0.1, 0.15) is 15.0 Å². The third-order valence-electron chi connectivity index (χ3n) is 8.12. The average molecular weight is 671 g/mol. The van der Waals surface area contributed by atoms with Crippen molar-refractivity contribution in [3.05, 3.63) is 104 Å². The summed E-state index contributed by atoms with van der Waals surface area (Å²) < 4.78 is 66.7. The van der Waals surface area contributed by atoms with Gasteiger partial charge < -0.3 is 15.2 Å². The first-order valence-electron chi connectivity index (χ1n) is 13.9. The zero-order valence-corrected chi connectivity index (χ0v) is 30.3. The van der Waals surface area contributed by atoms with E-state index in [-0.39, 0.29) is 78.5 Å². The van der Waals surface area contributed by atoms with Crippen LogP contribution in [0, 0.1) is 41.5 Å². The van der Waals surface area contributed by atoms with E-state index in [1.165, 1.54) is 13.8 Å². The van der Waals surface area contributed by atoms with E-state index in [2.05, 4.69) is 10.6 Å². The molecule has 5 rings (SSSR count). The van der Waals surface area contributed by atoms with Crippen molar-refractivity contribution in [3.63, 3.8) is 0 Å². The van der Waals surface area contributed by atoms with E-state index in [9.17, 15) is 31.0 Å². The molecule has 10 nitrogen and oxygen atoms in total. The number of hydrogen-bond acceptors (Lipinski definition) is 10. The molecule has 0 aliphatic heterocycles. The number of carbonyl (C=O) groups is 2. The largest absolute Gasteiger partial charge is 1.00 e. The van der Waals surface area contributed by atoms with Crippen LogP contribution in [-0.2, 0) is 24.4 Å². The Kier molecular flexibility index (Phi) is 9.79. The van der Waals surface area contributed by atoms with Crippen LogP contribution in [0.3, 0.4) is 0 Å². The second kappa shape index (κ2) is 12.7. The summed E-state index contributed by atoms with van der Waals surface area (Å²) in [6.07, 6.45) is 0. The number of nitrogens with one attached hydrogen (secondary N) is 2. The number of aryl methyl sites for hydroxylation is 4. The summed E-state index contributed by atoms with van der Waals surface area (Å²) in [5.41, 5.74) is 4.41. The average Bonchev–Trinajstić information content (AvgIpc) is 2.95. The summed E-state index contributed by atoms with van der Waals surface area (Å²) in [7, 11) is -7.80. The number of ketones is 2. The van der Waals surface area contributed by atoms with Crippen molar-refractivity contribution in [2.24, 2.45) is 0 Å². The predicted molar refractivity (Wildman–Crippen MR) is 170 cm³/mol. The Morgan fingerprint density at radius 2 is 1.02 bits per heavy atom. The quantitative estimate of drug-likeness (QED) is 0.150. The van der Waals surface area contributed by atoms with E-state index < -0.39 is 31.8 Å². The summed E-state index contributed by atoms with van der Waals surface area (Å²) in [5, 5.41) is 6.37. The third-order valence-corrected chi connectivity index (χ3v) is 10.8. The van der Waals surface area contributed by atoms with Gasteiger partial charge >= 0.3 is 29.6 Å². The fourth-order valence-corrected chi connectivity index (χ4v) is 8.30. The Bertz CT molecular complexity index is 2190. The minimum Gasteiger partial charge on any atom is -0.744 e. The molecule has 0 unspecified atom stereocenters. The molecule has 0 bridgehead atoms. The normalized spacial score (nSPS) is 12.7. The van der Waals surface area contributed by atoms with Crippen molar-refractivity contribution in [1.29, 1.82) is 0 Å². The number of carbonyl (C=O) groups excluding carboxylic acids is 2. The molecule has 0 fully saturated rings. The molecule has 1 aliphatic carbocycles. The van der Waals surface area contributed by atoms with E-state index >= 15 is 0 Å². The molecule has 0 amide bonds. The number of anilines is 4. The number of fused-ring (bicyclic) bond motifs is 2. The molecule has 2 N–H and O–H groups in total. The fourth-order valence-electron chi connectivity index (χ4n) is 6.27. The Morgan fingerprint density at radius 1 is 0.630 bits per heavy atom. The molecule has 0 aromatic heterocycles. The maximum Gasteiger partial charge on any atom is 1.00 e. The van der Waals surface area contributed by atoms with Gasteiger partial charge in [-0.25, -0.2) is 8.42 Å². The molecular formula is C33H31N2NaO8S2. The van der Waals surface area contributed by atoms with Crippen LogP contribution in [0.15, 0.2) is 58.3 Å². The zero-order chi connectivity index (χ0) is 33.2. The summed E-state index contributed by atoms with van der Waals surface area (Å²) in [4.78, 5) is 27.8. The molecule has 13 heteroatoms. The minimum atomic E-state index is -4.81. The topological polar surface area (TPSA) is 159 Å². The molecule has 1 aliphatic rings. The van der Waals surface area contributed by atoms with Crippen molar-refractivity contribution >= 4 is 54.6 Å². The molecule has 0 spiro atoms. The van der Waals surface area contributed by atoms with Crippen LogP contribution < -0.4 is 40.2 Å². The molecule has 0 saturated carbocycles. The van der Waals surface area contributed by atoms with Crippen LogP contribution in [0.1, 0.15) is 65.2 Å². The second-order valence-corrected chi connectivity index (χ2v) is 14.1. The number of hydrogen-bond donors (Lipinski definition) is 2. The van der Waals surface area contributed by atoms with Gasteiger partial charge in [-0.15, -0.1) is 0 Å². The maximum atomic E-state index is 14.1. The van der Waals surface area contributed by atoms with Crippen molar-refractivity contribution in [2.45, 2.75) is 51.3 Å². The third kappa shape index (κ3) is 5.95. The molecule has 46 heavy (non-hydrogen) atoms. The number of benzene rings is 4. The summed E-state index contributed by atoms with van der Waals surface area (Å²) in [6, 6.07) is 12.9. The van der Waals surface area contributed by atoms with Crippen LogP contribution in [0.2, 0.25) is 0 Å². The van der Waals surface area contributed by atoms with Crippen LogP contribution in [-0.4, -0.2) is 40.1 Å². The van der Waals surface area contributed by atoms with E-state index in [4.69, 9.17) is 4.18 Å². The molecular weight excluding hydrogens is 639 g/mol. The molecule has 0 atom stereocenters. The summed E-state index contributed by atoms with van der Waals surface area (Å²) in [5.74, 6) is -0.871. The van der Waals surface area contributed by atoms with E-state index in [0.717, 1.165) is 7.11 Å². The molecule has 0 saturated heterocycles. The maximum absolute atomic E-state index is 14.1. The first kappa shape index (κ1) is 35.5. The number of rotatable bonds is 7. The SMILES string of the molecule is COS(=O)(=O)c1c(C)cc(C)c(Nc2ccc(Nc3c(C)cc(C)c(S(=O)(=O)[O-])c3C)c3c2C(=O)c2ccccc2C3=O)c1C.[Na+]. The molecule has 4 aromatic rings. The predicted octanol–water partition coefficient (Wildman–Crippen LogP) is 3.04. The smallest absolute Gasteiger partial charge is 0.744 e. The van der Waals surface area contributed by atoms with Crippen LogP contribution in [0.4, 0.5) is 22.7 Å². The van der Waals surface area contributed by atoms with Crippen LogP contribution in [0.5, 0.6) is 0 Å². The van der Waals surface area contributed by atoms with E-state index in [1.807, 2.05) is 0 Å². The van der Waals surface area contributed by atoms with Crippen molar-refractivity contribution < 1.29 is 64.7 Å². The van der Waals surface area contributed by atoms with Crippen LogP contribution in [0.25, 0.3) is 0 Å². The van der Waals surface area contributed by atoms with Crippen LogP contribution >= 0.6 is 0 Å². The van der Waals surface area contributed by atoms with Gasteiger partial charge in [0, 0.05) is 22.5 Å². The Morgan fingerprint density at radius 3 is 1.41 bits per heavy atom. The standard InChI is InChI=1S/C33H32N2O8S2.Na/c1-16-14-18(3)32(44(38,39)40)20(5)28(16)34-24-12-13-25(27-26(24)30(36)22-10-8-9-11-23(22)31(27)37)35-29-17(2)15-19(4)33(21(29)6)45(41,42)43-7;/h8-15,34-35H,1-7H3,(H,38,39,40);/q;+1/p-1. The van der Waals surface area contributed by atoms with Crippen molar-refractivity contribution in [3.8, 4) is 0 Å². The molecule has 0 radical (unpaired) electrons. The van der Waals surface area contributed by atoms with Gasteiger partial charge in [-0.1, -0.05) is 36.4 Å². The molecule has 234 valence electrons. The first-order valence-corrected chi connectivity index (χ1v) is 16.7. The minimum absolute atomic E-state index is 0. The Labute approximate surface area is 290 Å². The van der Waals surface area contributed by atoms with Gasteiger partial charge in [-0.05, 0) is 87.1 Å². The van der Waals surface area contributed by atoms with Gasteiger partial charge in [0.2, 0.25) is 0 Å². The van der Waals surface area contributed by atoms with Gasteiger partial charge in [0.25, 0.3) is 10.1 Å². The summed E-state index contributed by atoms with van der Waals surface area (Å²) >= 11 is 0. The van der Waals surface area contributed by atoms with Gasteiger partial charge in [-0.2, -0.15) is 8.42 Å². The van der Waals surface area contributed by atoms with Gasteiger partial charge in [0.15, 0.2) is 11.6 Å². The van der Waals surface area contributed by atoms with Crippen molar-refractivity contribution in [2.75, 3.05) is 17.7 Å². The van der Waals surface area contributed by atoms with E-state index in [1.54, 1.807) is 76.2 Å². The van der Waals surface area contributed by atoms with E-state index in [0.29, 0.717) is 39.2 Å². The molecule has 0 heterocycles. The Hall–Kier alpha value is -3.36. The Balaban J connectivity index is 0.00000480. The summed E-state index contributed by atoms with van der Waals surface area (Å²) in [6.45, 7) is 9.86. The second-order valence-electron chi connectivity index (χ2n) is 11.1. The monoisotopic (exact) mass is 670 g/mol.